The fourth-order valence-electron chi connectivity index (χ4n) is 5.91. The van der Waals surface area contributed by atoms with E-state index in [0.29, 0.717) is 50.2 Å². The number of aryl methyl sites for hydroxylation is 1. The first-order chi connectivity index (χ1) is 21.5. The summed E-state index contributed by atoms with van der Waals surface area (Å²) >= 11 is 12.7. The van der Waals surface area contributed by atoms with E-state index in [1.807, 2.05) is 19.1 Å². The molecule has 1 aliphatic heterocycles. The third kappa shape index (κ3) is 5.46. The number of halogens is 3. The number of pyridine rings is 2. The second-order valence-corrected chi connectivity index (χ2v) is 13.2. The summed E-state index contributed by atoms with van der Waals surface area (Å²) in [5, 5.41) is 4.17. The van der Waals surface area contributed by atoms with Gasteiger partial charge in [0, 0.05) is 40.2 Å². The van der Waals surface area contributed by atoms with Gasteiger partial charge in [-0.05, 0) is 81.3 Å². The van der Waals surface area contributed by atoms with Crippen molar-refractivity contribution < 1.29 is 23.5 Å². The highest BCUT2D eigenvalue weighted by Crippen LogP contribution is 2.49. The SMILES string of the molecule is Cc1cc2cc(C(=O)NC[C@H](c3cc4c(c(-c5cccc(F)c5Cl)n3)OC[C@]4(C)C(N)=O)C3CC3)cc(OC3CC3)c2nc1Cl. The number of nitrogens with two attached hydrogens (primary N) is 1. The highest BCUT2D eigenvalue weighted by atomic mass is 35.5. The molecule has 0 unspecified atom stereocenters. The summed E-state index contributed by atoms with van der Waals surface area (Å²) < 4.78 is 26.7. The van der Waals surface area contributed by atoms with Crippen LogP contribution in [0.25, 0.3) is 22.2 Å². The quantitative estimate of drug-likeness (QED) is 0.196. The Morgan fingerprint density at radius 1 is 1.16 bits per heavy atom. The predicted octanol–water partition coefficient (Wildman–Crippen LogP) is 6.65. The van der Waals surface area contributed by atoms with Crippen molar-refractivity contribution in [3.05, 3.63) is 80.8 Å². The van der Waals surface area contributed by atoms with Gasteiger partial charge >= 0.3 is 0 Å². The number of nitrogens with one attached hydrogen (secondary N) is 1. The van der Waals surface area contributed by atoms with Crippen molar-refractivity contribution in [2.45, 2.75) is 57.0 Å². The van der Waals surface area contributed by atoms with Crippen molar-refractivity contribution in [3.8, 4) is 22.8 Å². The summed E-state index contributed by atoms with van der Waals surface area (Å²) in [7, 11) is 0. The van der Waals surface area contributed by atoms with Gasteiger partial charge < -0.3 is 20.5 Å². The fraction of sp³-hybridized carbons (Fsp3) is 0.353. The average molecular weight is 650 g/mol. The third-order valence-electron chi connectivity index (χ3n) is 8.99. The van der Waals surface area contributed by atoms with Crippen molar-refractivity contribution in [2.75, 3.05) is 13.2 Å². The number of amides is 2. The van der Waals surface area contributed by atoms with E-state index in [2.05, 4.69) is 10.3 Å². The van der Waals surface area contributed by atoms with Gasteiger partial charge in [0.15, 0.2) is 0 Å². The number of aromatic nitrogens is 2. The number of nitrogens with zero attached hydrogens (tertiary/aromatic N) is 2. The molecule has 2 aromatic carbocycles. The summed E-state index contributed by atoms with van der Waals surface area (Å²) in [6, 6.07) is 11.7. The second-order valence-electron chi connectivity index (χ2n) is 12.5. The molecule has 3 N–H and O–H groups in total. The maximum atomic E-state index is 14.6. The number of carbonyl (C=O) groups excluding carboxylic acids is 2. The minimum atomic E-state index is -1.11. The van der Waals surface area contributed by atoms with Gasteiger partial charge in [-0.2, -0.15) is 0 Å². The summed E-state index contributed by atoms with van der Waals surface area (Å²) in [4.78, 5) is 35.8. The zero-order valence-electron chi connectivity index (χ0n) is 24.8. The van der Waals surface area contributed by atoms with Crippen molar-refractivity contribution in [1.29, 1.82) is 0 Å². The molecule has 0 bridgehead atoms. The van der Waals surface area contributed by atoms with Gasteiger partial charge in [0.05, 0.1) is 11.1 Å². The van der Waals surface area contributed by atoms with Crippen molar-refractivity contribution >= 4 is 45.9 Å². The number of hydrogen-bond acceptors (Lipinski definition) is 6. The lowest BCUT2D eigenvalue weighted by Crippen LogP contribution is -2.40. The van der Waals surface area contributed by atoms with Crippen LogP contribution in [-0.4, -0.2) is 41.0 Å². The van der Waals surface area contributed by atoms with Crippen molar-refractivity contribution in [2.24, 2.45) is 11.7 Å². The van der Waals surface area contributed by atoms with Crippen LogP contribution in [0.1, 0.15) is 65.7 Å². The molecule has 2 aromatic heterocycles. The van der Waals surface area contributed by atoms with E-state index in [0.717, 1.165) is 36.6 Å². The molecule has 2 fully saturated rings. The Labute approximate surface area is 269 Å². The average Bonchev–Trinajstić information content (AvgIpc) is 3.95. The summed E-state index contributed by atoms with van der Waals surface area (Å²) in [6.45, 7) is 3.90. The van der Waals surface area contributed by atoms with E-state index in [1.54, 1.807) is 31.2 Å². The number of ether oxygens (including phenoxy) is 2. The van der Waals surface area contributed by atoms with Gasteiger partial charge in [-0.15, -0.1) is 0 Å². The molecule has 0 radical (unpaired) electrons. The first-order valence-corrected chi connectivity index (χ1v) is 15.8. The van der Waals surface area contributed by atoms with Crippen LogP contribution in [0, 0.1) is 18.7 Å². The predicted molar refractivity (Wildman–Crippen MR) is 170 cm³/mol. The van der Waals surface area contributed by atoms with E-state index >= 15 is 0 Å². The summed E-state index contributed by atoms with van der Waals surface area (Å²) in [5.74, 6) is -0.447. The fourth-order valence-corrected chi connectivity index (χ4v) is 6.26. The van der Waals surface area contributed by atoms with Crippen LogP contribution in [0.4, 0.5) is 4.39 Å². The normalized spacial score (nSPS) is 19.6. The molecule has 2 aliphatic carbocycles. The topological polar surface area (TPSA) is 116 Å². The molecule has 11 heteroatoms. The Hall–Kier alpha value is -3.95. The molecule has 0 saturated heterocycles. The van der Waals surface area contributed by atoms with Crippen LogP contribution < -0.4 is 20.5 Å². The molecule has 2 saturated carbocycles. The summed E-state index contributed by atoms with van der Waals surface area (Å²) in [6.07, 6.45) is 3.93. The second kappa shape index (κ2) is 11.1. The first kappa shape index (κ1) is 29.7. The maximum Gasteiger partial charge on any atom is 0.251 e. The Kier molecular flexibility index (Phi) is 7.36. The van der Waals surface area contributed by atoms with E-state index in [4.69, 9.17) is 43.4 Å². The molecule has 8 nitrogen and oxygen atoms in total. The van der Waals surface area contributed by atoms with Crippen molar-refractivity contribution in [3.63, 3.8) is 0 Å². The minimum Gasteiger partial charge on any atom is -0.489 e. The van der Waals surface area contributed by atoms with Crippen LogP contribution >= 0.6 is 23.2 Å². The lowest BCUT2D eigenvalue weighted by atomic mass is 9.82. The Morgan fingerprint density at radius 2 is 1.93 bits per heavy atom. The molecule has 232 valence electrons. The van der Waals surface area contributed by atoms with Gasteiger partial charge in [-0.25, -0.2) is 14.4 Å². The number of rotatable bonds is 9. The van der Waals surface area contributed by atoms with Crippen molar-refractivity contribution in [1.82, 2.24) is 15.3 Å². The van der Waals surface area contributed by atoms with Gasteiger partial charge in [0.25, 0.3) is 5.91 Å². The molecule has 3 heterocycles. The van der Waals surface area contributed by atoms with Crippen LogP contribution in [-0.2, 0) is 10.2 Å². The minimum absolute atomic E-state index is 0.0281. The standard InChI is InChI=1S/C34H31Cl2FN4O4/c1-16-10-18-11-19(12-26(45-20-8-9-20)28(18)41-31(16)36)32(42)39-14-22(17-6-7-17)25-13-23-30(44-15-34(23,2)33(38)43)29(40-25)21-4-3-5-24(37)27(21)35/h3-5,10-13,17,20,22H,6-9,14-15H2,1-2H3,(H2,38,43)(H,39,42)/t22-,34-/m0/s1. The lowest BCUT2D eigenvalue weighted by Gasteiger charge is -2.22. The third-order valence-corrected chi connectivity index (χ3v) is 9.76. The molecule has 0 spiro atoms. The van der Waals surface area contributed by atoms with Gasteiger partial charge in [-0.1, -0.05) is 35.3 Å². The monoisotopic (exact) mass is 648 g/mol. The van der Waals surface area contributed by atoms with Gasteiger partial charge in [-0.3, -0.25) is 9.59 Å². The maximum absolute atomic E-state index is 14.6. The molecular weight excluding hydrogens is 618 g/mol. The Balaban J connectivity index is 1.24. The van der Waals surface area contributed by atoms with E-state index < -0.39 is 17.1 Å². The molecule has 4 aromatic rings. The van der Waals surface area contributed by atoms with E-state index in [1.165, 1.54) is 6.07 Å². The van der Waals surface area contributed by atoms with Crippen LogP contribution in [0.2, 0.25) is 10.2 Å². The highest BCUT2D eigenvalue weighted by molar-refractivity contribution is 6.33. The van der Waals surface area contributed by atoms with Crippen LogP contribution in [0.3, 0.4) is 0 Å². The highest BCUT2D eigenvalue weighted by Gasteiger charge is 2.45. The first-order valence-electron chi connectivity index (χ1n) is 15.0. The van der Waals surface area contributed by atoms with E-state index in [9.17, 15) is 14.0 Å². The molecule has 7 rings (SSSR count). The number of primary amides is 1. The number of hydrogen-bond donors (Lipinski definition) is 2. The van der Waals surface area contributed by atoms with Gasteiger partial charge in [0.2, 0.25) is 5.91 Å². The largest absolute Gasteiger partial charge is 0.489 e. The van der Waals surface area contributed by atoms with Crippen LogP contribution in [0.5, 0.6) is 11.5 Å². The van der Waals surface area contributed by atoms with Crippen LogP contribution in [0.15, 0.2) is 42.5 Å². The zero-order chi connectivity index (χ0) is 31.6. The molecule has 3 aliphatic rings. The summed E-state index contributed by atoms with van der Waals surface area (Å²) in [5.41, 5.74) is 8.52. The Morgan fingerprint density at radius 3 is 2.64 bits per heavy atom. The molecule has 2 amide bonds. The number of fused-ring (bicyclic) bond motifs is 2. The number of carbonyl (C=O) groups is 2. The smallest absolute Gasteiger partial charge is 0.251 e. The molecule has 2 atom stereocenters. The molecule has 45 heavy (non-hydrogen) atoms. The van der Waals surface area contributed by atoms with Gasteiger partial charge in [0.1, 0.15) is 45.7 Å². The van der Waals surface area contributed by atoms with E-state index in [-0.39, 0.29) is 42.0 Å². The Bertz CT molecular complexity index is 1890. The zero-order valence-corrected chi connectivity index (χ0v) is 26.3. The number of benzene rings is 2. The lowest BCUT2D eigenvalue weighted by molar-refractivity contribution is -0.123. The molecular formula is C34H31Cl2FN4O4.